The monoisotopic (exact) mass is 358 g/mol. The van der Waals surface area contributed by atoms with Crippen LogP contribution in [-0.2, 0) is 6.54 Å². The molecule has 0 saturated carbocycles. The predicted octanol–water partition coefficient (Wildman–Crippen LogP) is 4.46. The zero-order valence-electron chi connectivity index (χ0n) is 13.8. The van der Waals surface area contributed by atoms with Crippen molar-refractivity contribution in [2.75, 3.05) is 14.2 Å². The molecule has 0 spiro atoms. The second-order valence-corrected chi connectivity index (χ2v) is 7.30. The van der Waals surface area contributed by atoms with Gasteiger partial charge in [0.2, 0.25) is 0 Å². The molecule has 6 heteroatoms. The van der Waals surface area contributed by atoms with Crippen molar-refractivity contribution in [1.82, 2.24) is 9.88 Å². The molecule has 0 unspecified atom stereocenters. The molecule has 1 aromatic carbocycles. The van der Waals surface area contributed by atoms with E-state index < -0.39 is 0 Å². The van der Waals surface area contributed by atoms with E-state index in [0.717, 1.165) is 26.8 Å². The van der Waals surface area contributed by atoms with Crippen LogP contribution in [0, 0.1) is 6.92 Å². The summed E-state index contributed by atoms with van der Waals surface area (Å²) in [6, 6.07) is 9.97. The Kier molecular flexibility index (Phi) is 4.97. The lowest BCUT2D eigenvalue weighted by Crippen LogP contribution is -2.26. The number of aryl methyl sites for hydroxylation is 1. The molecule has 0 aliphatic rings. The van der Waals surface area contributed by atoms with Crippen LogP contribution in [0.15, 0.2) is 41.1 Å². The van der Waals surface area contributed by atoms with E-state index in [0.29, 0.717) is 12.2 Å². The van der Waals surface area contributed by atoms with Crippen LogP contribution < -0.4 is 4.74 Å². The van der Waals surface area contributed by atoms with Gasteiger partial charge in [0.05, 0.1) is 12.0 Å². The summed E-state index contributed by atoms with van der Waals surface area (Å²) < 4.78 is 5.39. The fourth-order valence-electron chi connectivity index (χ4n) is 2.44. The van der Waals surface area contributed by atoms with Gasteiger partial charge in [-0.05, 0) is 24.4 Å². The lowest BCUT2D eigenvalue weighted by atomic mass is 10.1. The molecule has 0 N–H and O–H groups in total. The van der Waals surface area contributed by atoms with Gasteiger partial charge in [-0.1, -0.05) is 23.8 Å². The maximum atomic E-state index is 12.6. The Labute approximate surface area is 149 Å². The van der Waals surface area contributed by atoms with Gasteiger partial charge in [0, 0.05) is 24.5 Å². The average Bonchev–Trinajstić information content (AvgIpc) is 3.25. The predicted molar refractivity (Wildman–Crippen MR) is 99.0 cm³/mol. The Morgan fingerprint density at radius 1 is 1.29 bits per heavy atom. The van der Waals surface area contributed by atoms with Crippen molar-refractivity contribution < 1.29 is 9.53 Å². The number of hydrogen-bond acceptors (Lipinski definition) is 5. The number of thiophene rings is 1. The largest absolute Gasteiger partial charge is 0.496 e. The van der Waals surface area contributed by atoms with E-state index in [9.17, 15) is 4.79 Å². The number of ether oxygens (including phenoxy) is 1. The summed E-state index contributed by atoms with van der Waals surface area (Å²) in [6.45, 7) is 2.51. The van der Waals surface area contributed by atoms with Crippen molar-refractivity contribution in [3.63, 3.8) is 0 Å². The number of amides is 1. The van der Waals surface area contributed by atoms with Crippen LogP contribution in [0.3, 0.4) is 0 Å². The second kappa shape index (κ2) is 7.15. The van der Waals surface area contributed by atoms with E-state index in [2.05, 4.69) is 4.98 Å². The minimum absolute atomic E-state index is 0.0855. The molecule has 124 valence electrons. The number of carbonyl (C=O) groups is 1. The number of aromatic nitrogens is 1. The van der Waals surface area contributed by atoms with Crippen molar-refractivity contribution in [1.29, 1.82) is 0 Å². The van der Waals surface area contributed by atoms with E-state index in [1.54, 1.807) is 30.4 Å². The maximum absolute atomic E-state index is 12.6. The van der Waals surface area contributed by atoms with Gasteiger partial charge in [0.1, 0.15) is 16.5 Å². The summed E-state index contributed by atoms with van der Waals surface area (Å²) in [4.78, 5) is 19.9. The highest BCUT2D eigenvalue weighted by molar-refractivity contribution is 7.20. The summed E-state index contributed by atoms with van der Waals surface area (Å²) in [5.74, 6) is 0.704. The van der Waals surface area contributed by atoms with Crippen LogP contribution in [-0.4, -0.2) is 29.9 Å². The van der Waals surface area contributed by atoms with Gasteiger partial charge in [-0.25, -0.2) is 4.98 Å². The molecule has 0 atom stereocenters. The van der Waals surface area contributed by atoms with Crippen molar-refractivity contribution in [2.24, 2.45) is 0 Å². The van der Waals surface area contributed by atoms with Crippen LogP contribution >= 0.6 is 22.7 Å². The van der Waals surface area contributed by atoms with Gasteiger partial charge in [-0.2, -0.15) is 0 Å². The van der Waals surface area contributed by atoms with Crippen LogP contribution in [0.1, 0.15) is 21.6 Å². The summed E-state index contributed by atoms with van der Waals surface area (Å²) in [7, 11) is 3.43. The number of methoxy groups -OCH3 is 1. The molecule has 0 aliphatic heterocycles. The highest BCUT2D eigenvalue weighted by Crippen LogP contribution is 2.28. The molecule has 0 bridgehead atoms. The number of carbonyl (C=O) groups excluding carboxylic acids is 1. The Hall–Kier alpha value is -2.18. The van der Waals surface area contributed by atoms with Crippen molar-refractivity contribution in [3.05, 3.63) is 57.9 Å². The summed E-state index contributed by atoms with van der Waals surface area (Å²) in [5.41, 5.74) is 2.61. The molecule has 24 heavy (non-hydrogen) atoms. The molecule has 0 aliphatic carbocycles. The SMILES string of the molecule is COc1ccc(C)cc1CN(C)C(=O)c1csc(-c2cccs2)n1. The Morgan fingerprint density at radius 2 is 2.12 bits per heavy atom. The fraction of sp³-hybridized carbons (Fsp3) is 0.222. The standard InChI is InChI=1S/C18H18N2O2S2/c1-12-6-7-15(22-3)13(9-12)10-20(2)18(21)14-11-24-17(19-14)16-5-4-8-23-16/h4-9,11H,10H2,1-3H3. The summed E-state index contributed by atoms with van der Waals surface area (Å²) in [5, 5.41) is 4.71. The highest BCUT2D eigenvalue weighted by Gasteiger charge is 2.18. The first-order valence-electron chi connectivity index (χ1n) is 7.47. The van der Waals surface area contributed by atoms with Gasteiger partial charge >= 0.3 is 0 Å². The molecule has 2 heterocycles. The zero-order chi connectivity index (χ0) is 17.1. The number of rotatable bonds is 5. The van der Waals surface area contributed by atoms with E-state index >= 15 is 0 Å². The smallest absolute Gasteiger partial charge is 0.273 e. The Balaban J connectivity index is 1.77. The molecular formula is C18H18N2O2S2. The van der Waals surface area contributed by atoms with E-state index in [4.69, 9.17) is 4.74 Å². The molecule has 2 aromatic heterocycles. The molecule has 3 aromatic rings. The van der Waals surface area contributed by atoms with E-state index in [1.807, 2.05) is 48.0 Å². The van der Waals surface area contributed by atoms with Gasteiger partial charge in [-0.15, -0.1) is 22.7 Å². The first-order chi connectivity index (χ1) is 11.6. The Morgan fingerprint density at radius 3 is 2.83 bits per heavy atom. The number of nitrogens with zero attached hydrogens (tertiary/aromatic N) is 2. The van der Waals surface area contributed by atoms with Crippen molar-refractivity contribution >= 4 is 28.6 Å². The van der Waals surface area contributed by atoms with Crippen molar-refractivity contribution in [3.8, 4) is 15.6 Å². The fourth-order valence-corrected chi connectivity index (χ4v) is 4.05. The van der Waals surface area contributed by atoms with E-state index in [-0.39, 0.29) is 5.91 Å². The quantitative estimate of drug-likeness (QED) is 0.676. The Bertz CT molecular complexity index is 841. The van der Waals surface area contributed by atoms with Crippen LogP contribution in [0.4, 0.5) is 0 Å². The molecule has 1 amide bonds. The third-order valence-electron chi connectivity index (χ3n) is 3.65. The normalized spacial score (nSPS) is 10.6. The summed E-state index contributed by atoms with van der Waals surface area (Å²) >= 11 is 3.12. The lowest BCUT2D eigenvalue weighted by Gasteiger charge is -2.18. The minimum Gasteiger partial charge on any atom is -0.496 e. The first-order valence-corrected chi connectivity index (χ1v) is 9.23. The molecule has 0 fully saturated rings. The number of hydrogen-bond donors (Lipinski definition) is 0. The second-order valence-electron chi connectivity index (χ2n) is 5.49. The maximum Gasteiger partial charge on any atom is 0.273 e. The average molecular weight is 358 g/mol. The van der Waals surface area contributed by atoms with Crippen LogP contribution in [0.2, 0.25) is 0 Å². The molecule has 0 saturated heterocycles. The minimum atomic E-state index is -0.0855. The molecular weight excluding hydrogens is 340 g/mol. The summed E-state index contributed by atoms with van der Waals surface area (Å²) in [6.07, 6.45) is 0. The van der Waals surface area contributed by atoms with Gasteiger partial charge in [-0.3, -0.25) is 4.79 Å². The lowest BCUT2D eigenvalue weighted by molar-refractivity contribution is 0.0779. The number of thiazole rings is 1. The van der Waals surface area contributed by atoms with Gasteiger partial charge in [0.15, 0.2) is 0 Å². The topological polar surface area (TPSA) is 42.4 Å². The molecule has 0 radical (unpaired) electrons. The van der Waals surface area contributed by atoms with Gasteiger partial charge < -0.3 is 9.64 Å². The van der Waals surface area contributed by atoms with Crippen LogP contribution in [0.25, 0.3) is 9.88 Å². The first kappa shape index (κ1) is 16.7. The van der Waals surface area contributed by atoms with Gasteiger partial charge in [0.25, 0.3) is 5.91 Å². The number of benzene rings is 1. The highest BCUT2D eigenvalue weighted by atomic mass is 32.1. The third-order valence-corrected chi connectivity index (χ3v) is 5.53. The zero-order valence-corrected chi connectivity index (χ0v) is 15.4. The van der Waals surface area contributed by atoms with Crippen molar-refractivity contribution in [2.45, 2.75) is 13.5 Å². The van der Waals surface area contributed by atoms with Crippen LogP contribution in [0.5, 0.6) is 5.75 Å². The molecule has 3 rings (SSSR count). The molecule has 4 nitrogen and oxygen atoms in total. The third kappa shape index (κ3) is 3.49. The van der Waals surface area contributed by atoms with E-state index in [1.165, 1.54) is 11.3 Å².